The summed E-state index contributed by atoms with van der Waals surface area (Å²) < 4.78 is 0. The Morgan fingerprint density at radius 1 is 0.690 bits per heavy atom. The average molecular weight is 424 g/mol. The van der Waals surface area contributed by atoms with Gasteiger partial charge in [0.05, 0.1) is 0 Å². The van der Waals surface area contributed by atoms with Gasteiger partial charge in [0.1, 0.15) is 13.1 Å². The van der Waals surface area contributed by atoms with E-state index in [0.717, 1.165) is 19.4 Å². The van der Waals surface area contributed by atoms with Crippen LogP contribution in [0.1, 0.15) is 115 Å². The number of unbranched alkanes of at least 4 members (excludes halogenated alkanes) is 14. The Kier molecular flexibility index (Phi) is 21.2. The monoisotopic (exact) mass is 423 g/mol. The molecule has 3 heteroatoms. The summed E-state index contributed by atoms with van der Waals surface area (Å²) in [5, 5.41) is 2.13. The second-order valence-corrected chi connectivity index (χ2v) is 8.42. The Bertz CT molecular complexity index is 463. The number of hydrogen-bond donors (Lipinski definition) is 1. The number of halogens is 1. The minimum absolute atomic E-state index is 0. The maximum Gasteiger partial charge on any atom is 0.186 e. The predicted molar refractivity (Wildman–Crippen MR) is 121 cm³/mol. The SMILES string of the molecule is CCCCCCCCCCCCCCCCCC(=O)C[NH2+]Cc1ccccc1.[Cl-]. The van der Waals surface area contributed by atoms with Crippen molar-refractivity contribution in [1.29, 1.82) is 0 Å². The van der Waals surface area contributed by atoms with Crippen molar-refractivity contribution in [1.82, 2.24) is 0 Å². The van der Waals surface area contributed by atoms with Crippen LogP contribution in [0.5, 0.6) is 0 Å². The van der Waals surface area contributed by atoms with Crippen LogP contribution in [0, 0.1) is 0 Å². The maximum absolute atomic E-state index is 11.9. The highest BCUT2D eigenvalue weighted by Gasteiger charge is 2.04. The van der Waals surface area contributed by atoms with Gasteiger partial charge >= 0.3 is 0 Å². The third-order valence-corrected chi connectivity index (χ3v) is 5.65. The summed E-state index contributed by atoms with van der Waals surface area (Å²) in [6, 6.07) is 10.4. The van der Waals surface area contributed by atoms with E-state index in [0.29, 0.717) is 12.3 Å². The first-order chi connectivity index (χ1) is 13.8. The zero-order valence-corrected chi connectivity index (χ0v) is 19.7. The normalized spacial score (nSPS) is 10.7. The molecule has 0 aromatic heterocycles. The number of carbonyl (C=O) groups is 1. The van der Waals surface area contributed by atoms with E-state index in [1.807, 2.05) is 6.07 Å². The molecule has 0 saturated carbocycles. The molecule has 0 radical (unpaired) electrons. The lowest BCUT2D eigenvalue weighted by molar-refractivity contribution is -0.659. The van der Waals surface area contributed by atoms with Crippen LogP contribution >= 0.6 is 0 Å². The average Bonchev–Trinajstić information content (AvgIpc) is 2.71. The third kappa shape index (κ3) is 18.9. The van der Waals surface area contributed by atoms with E-state index in [9.17, 15) is 4.79 Å². The Morgan fingerprint density at radius 3 is 1.62 bits per heavy atom. The van der Waals surface area contributed by atoms with E-state index >= 15 is 0 Å². The van der Waals surface area contributed by atoms with Gasteiger partial charge in [-0.2, -0.15) is 0 Å². The van der Waals surface area contributed by atoms with Crippen molar-refractivity contribution < 1.29 is 22.5 Å². The Labute approximate surface area is 187 Å². The quantitative estimate of drug-likeness (QED) is 0.319. The minimum Gasteiger partial charge on any atom is -1.00 e. The molecular formula is C26H46ClNO. The van der Waals surface area contributed by atoms with Gasteiger partial charge < -0.3 is 17.7 Å². The van der Waals surface area contributed by atoms with E-state index in [1.165, 1.54) is 95.5 Å². The molecule has 0 aliphatic heterocycles. The van der Waals surface area contributed by atoms with Crippen LogP contribution in [0.3, 0.4) is 0 Å². The van der Waals surface area contributed by atoms with E-state index in [4.69, 9.17) is 0 Å². The van der Waals surface area contributed by atoms with Crippen LogP contribution in [0.15, 0.2) is 30.3 Å². The lowest BCUT2D eigenvalue weighted by atomic mass is 10.0. The Balaban J connectivity index is 0.00000784. The van der Waals surface area contributed by atoms with Crippen molar-refractivity contribution in [2.24, 2.45) is 0 Å². The fourth-order valence-corrected chi connectivity index (χ4v) is 3.81. The first kappa shape index (κ1) is 28.1. The third-order valence-electron chi connectivity index (χ3n) is 5.65. The number of hydrogen-bond acceptors (Lipinski definition) is 1. The summed E-state index contributed by atoms with van der Waals surface area (Å²) in [6.45, 7) is 3.82. The van der Waals surface area contributed by atoms with Crippen molar-refractivity contribution in [2.45, 2.75) is 116 Å². The predicted octanol–water partition coefficient (Wildman–Crippen LogP) is 3.58. The Hall–Kier alpha value is -0.860. The van der Waals surface area contributed by atoms with E-state index in [-0.39, 0.29) is 12.4 Å². The summed E-state index contributed by atoms with van der Waals surface area (Å²) in [6.07, 6.45) is 21.4. The van der Waals surface area contributed by atoms with Crippen LogP contribution in [-0.2, 0) is 11.3 Å². The van der Waals surface area contributed by atoms with Gasteiger partial charge in [0.2, 0.25) is 0 Å². The summed E-state index contributed by atoms with van der Waals surface area (Å²) in [5.74, 6) is 0.408. The number of quaternary nitrogens is 1. The zero-order chi connectivity index (χ0) is 20.1. The van der Waals surface area contributed by atoms with Crippen LogP contribution in [0.4, 0.5) is 0 Å². The van der Waals surface area contributed by atoms with Gasteiger partial charge in [-0.3, -0.25) is 4.79 Å². The highest BCUT2D eigenvalue weighted by Crippen LogP contribution is 2.13. The molecule has 0 spiro atoms. The smallest absolute Gasteiger partial charge is 0.186 e. The summed E-state index contributed by atoms with van der Waals surface area (Å²) >= 11 is 0. The number of rotatable bonds is 20. The van der Waals surface area contributed by atoms with E-state index in [2.05, 4.69) is 36.5 Å². The second-order valence-electron chi connectivity index (χ2n) is 8.42. The number of Topliss-reactive ketones (excluding diaryl/α,β-unsaturated/α-hetero) is 1. The molecule has 29 heavy (non-hydrogen) atoms. The van der Waals surface area contributed by atoms with Gasteiger partial charge in [0.15, 0.2) is 5.78 Å². The maximum atomic E-state index is 11.9. The topological polar surface area (TPSA) is 33.7 Å². The summed E-state index contributed by atoms with van der Waals surface area (Å²) in [5.41, 5.74) is 1.29. The molecule has 0 fully saturated rings. The number of ketones is 1. The fraction of sp³-hybridized carbons (Fsp3) is 0.731. The minimum atomic E-state index is 0. The van der Waals surface area contributed by atoms with Crippen LogP contribution in [0.25, 0.3) is 0 Å². The molecule has 0 saturated heterocycles. The number of nitrogens with two attached hydrogens (primary N) is 1. The van der Waals surface area contributed by atoms with Gasteiger partial charge in [0.25, 0.3) is 0 Å². The van der Waals surface area contributed by atoms with Crippen molar-refractivity contribution in [3.8, 4) is 0 Å². The molecule has 0 unspecified atom stereocenters. The largest absolute Gasteiger partial charge is 1.00 e. The van der Waals surface area contributed by atoms with Crippen molar-refractivity contribution >= 4 is 5.78 Å². The number of benzene rings is 1. The molecular weight excluding hydrogens is 378 g/mol. The molecule has 2 nitrogen and oxygen atoms in total. The van der Waals surface area contributed by atoms with Crippen molar-refractivity contribution in [3.05, 3.63) is 35.9 Å². The molecule has 0 heterocycles. The van der Waals surface area contributed by atoms with Crippen LogP contribution < -0.4 is 17.7 Å². The fourth-order valence-electron chi connectivity index (χ4n) is 3.81. The van der Waals surface area contributed by atoms with Gasteiger partial charge in [-0.25, -0.2) is 0 Å². The summed E-state index contributed by atoms with van der Waals surface area (Å²) in [4.78, 5) is 11.9. The van der Waals surface area contributed by atoms with Gasteiger partial charge in [0, 0.05) is 12.0 Å². The lowest BCUT2D eigenvalue weighted by Crippen LogP contribution is -3.00. The first-order valence-electron chi connectivity index (χ1n) is 12.2. The van der Waals surface area contributed by atoms with E-state index < -0.39 is 0 Å². The van der Waals surface area contributed by atoms with Gasteiger partial charge in [-0.15, -0.1) is 0 Å². The molecule has 0 aliphatic carbocycles. The molecule has 0 atom stereocenters. The molecule has 1 aromatic carbocycles. The van der Waals surface area contributed by atoms with Crippen molar-refractivity contribution in [2.75, 3.05) is 6.54 Å². The van der Waals surface area contributed by atoms with Gasteiger partial charge in [-0.05, 0) is 6.42 Å². The standard InChI is InChI=1S/C26H45NO.ClH/c1-2-3-4-5-6-7-8-9-10-11-12-13-14-15-19-22-26(28)24-27-23-25-20-17-16-18-21-25;/h16-18,20-21,27H,2-15,19,22-24H2,1H3;1H. The Morgan fingerprint density at radius 2 is 1.14 bits per heavy atom. The van der Waals surface area contributed by atoms with Crippen LogP contribution in [0.2, 0.25) is 0 Å². The molecule has 0 bridgehead atoms. The first-order valence-corrected chi connectivity index (χ1v) is 12.2. The zero-order valence-electron chi connectivity index (χ0n) is 19.0. The molecule has 168 valence electrons. The molecule has 2 N–H and O–H groups in total. The highest BCUT2D eigenvalue weighted by atomic mass is 35.5. The molecule has 1 aromatic rings. The molecule has 1 rings (SSSR count). The second kappa shape index (κ2) is 21.8. The number of carbonyl (C=O) groups excluding carboxylic acids is 1. The lowest BCUT2D eigenvalue weighted by Gasteiger charge is -2.04. The van der Waals surface area contributed by atoms with Crippen LogP contribution in [-0.4, -0.2) is 12.3 Å². The van der Waals surface area contributed by atoms with Crippen molar-refractivity contribution in [3.63, 3.8) is 0 Å². The summed E-state index contributed by atoms with van der Waals surface area (Å²) in [7, 11) is 0. The highest BCUT2D eigenvalue weighted by molar-refractivity contribution is 5.79. The van der Waals surface area contributed by atoms with E-state index in [1.54, 1.807) is 0 Å². The van der Waals surface area contributed by atoms with Gasteiger partial charge in [-0.1, -0.05) is 127 Å². The molecule has 0 amide bonds. The molecule has 0 aliphatic rings.